The molecule has 6 nitrogen and oxygen atoms in total. The van der Waals surface area contributed by atoms with E-state index in [1.165, 1.54) is 62.9 Å². The average Bonchev–Trinajstić information content (AvgIpc) is 2.85. The van der Waals surface area contributed by atoms with Gasteiger partial charge >= 0.3 is 17.6 Å². The van der Waals surface area contributed by atoms with Crippen molar-refractivity contribution in [1.82, 2.24) is 0 Å². The summed E-state index contributed by atoms with van der Waals surface area (Å²) in [5, 5.41) is 0. The monoisotopic (exact) mass is 586 g/mol. The molecule has 0 bridgehead atoms. The third kappa shape index (κ3) is 19.0. The van der Waals surface area contributed by atoms with E-state index in [0.717, 1.165) is 23.6 Å². The molecule has 0 unspecified atom stereocenters. The third-order valence-electron chi connectivity index (χ3n) is 5.62. The van der Waals surface area contributed by atoms with Gasteiger partial charge in [-0.15, -0.1) is 0 Å². The van der Waals surface area contributed by atoms with E-state index in [1.807, 2.05) is 65.1 Å². The van der Waals surface area contributed by atoms with Crippen molar-refractivity contribution in [2.45, 2.75) is 105 Å². The van der Waals surface area contributed by atoms with Crippen LogP contribution in [0.4, 0.5) is 0 Å². The van der Waals surface area contributed by atoms with Crippen molar-refractivity contribution in [3.05, 3.63) is 0 Å². The minimum Gasteiger partial charge on any atom is -0.374 e. The quantitative estimate of drug-likeness (QED) is 0.0654. The molecule has 36 heavy (non-hydrogen) atoms. The van der Waals surface area contributed by atoms with Crippen LogP contribution in [0.25, 0.3) is 0 Å². The Labute approximate surface area is 234 Å². The predicted molar refractivity (Wildman–Crippen MR) is 162 cm³/mol. The van der Waals surface area contributed by atoms with Crippen LogP contribution in [0.5, 0.6) is 0 Å². The Kier molecular flexibility index (Phi) is 26.8. The van der Waals surface area contributed by atoms with E-state index in [1.54, 1.807) is 0 Å². The standard InChI is InChI=1S/C26H58O6S2Si2/c1-7-27-35(28-8-2,29-9-3)25-23-33-21-19-17-15-13-14-16-18-20-22-34-24-26-36(30-10-4,31-11-5)32-12-6/h7-26H2,1-6H3. The van der Waals surface area contributed by atoms with Crippen LogP contribution in [-0.4, -0.2) is 80.3 Å². The van der Waals surface area contributed by atoms with E-state index in [0.29, 0.717) is 39.6 Å². The second kappa shape index (κ2) is 26.1. The Bertz CT molecular complexity index is 392. The molecule has 0 N–H and O–H groups in total. The molecule has 0 rings (SSSR count). The zero-order chi connectivity index (χ0) is 26.8. The van der Waals surface area contributed by atoms with Gasteiger partial charge in [0, 0.05) is 51.7 Å². The summed E-state index contributed by atoms with van der Waals surface area (Å²) < 4.78 is 35.6. The molecule has 0 saturated heterocycles. The molecule has 0 aromatic carbocycles. The third-order valence-corrected chi connectivity index (χ3v) is 14.6. The summed E-state index contributed by atoms with van der Waals surface area (Å²) in [4.78, 5) is 0. The first-order valence-electron chi connectivity index (χ1n) is 14.6. The average molecular weight is 587 g/mol. The summed E-state index contributed by atoms with van der Waals surface area (Å²) in [5.74, 6) is 4.59. The Morgan fingerprint density at radius 2 is 0.611 bits per heavy atom. The minimum absolute atomic E-state index is 0.662. The summed E-state index contributed by atoms with van der Waals surface area (Å²) in [6, 6.07) is 1.83. The first kappa shape index (κ1) is 36.9. The van der Waals surface area contributed by atoms with Crippen molar-refractivity contribution >= 4 is 41.1 Å². The maximum absolute atomic E-state index is 5.94. The van der Waals surface area contributed by atoms with Gasteiger partial charge in [0.1, 0.15) is 0 Å². The van der Waals surface area contributed by atoms with Gasteiger partial charge < -0.3 is 26.6 Å². The molecule has 0 atom stereocenters. The molecule has 0 radical (unpaired) electrons. The summed E-state index contributed by atoms with van der Waals surface area (Å²) >= 11 is 4.04. The van der Waals surface area contributed by atoms with Gasteiger partial charge in [-0.2, -0.15) is 23.5 Å². The molecule has 0 aliphatic heterocycles. The van der Waals surface area contributed by atoms with Gasteiger partial charge in [0.2, 0.25) is 0 Å². The Hall–Kier alpha value is 0.894. The van der Waals surface area contributed by atoms with E-state index < -0.39 is 17.6 Å². The van der Waals surface area contributed by atoms with Gasteiger partial charge in [0.25, 0.3) is 0 Å². The molecular formula is C26H58O6S2Si2. The molecule has 0 aliphatic rings. The Balaban J connectivity index is 3.66. The molecule has 0 fully saturated rings. The first-order valence-corrected chi connectivity index (χ1v) is 20.7. The number of hydrogen-bond donors (Lipinski definition) is 0. The lowest BCUT2D eigenvalue weighted by Gasteiger charge is -2.28. The van der Waals surface area contributed by atoms with Crippen molar-refractivity contribution in [3.8, 4) is 0 Å². The van der Waals surface area contributed by atoms with Crippen LogP contribution in [0.15, 0.2) is 0 Å². The lowest BCUT2D eigenvalue weighted by atomic mass is 10.1. The fraction of sp³-hybridized carbons (Fsp3) is 1.00. The van der Waals surface area contributed by atoms with E-state index in [4.69, 9.17) is 26.6 Å². The van der Waals surface area contributed by atoms with Gasteiger partial charge in [-0.05, 0) is 77.4 Å². The number of hydrogen-bond acceptors (Lipinski definition) is 8. The molecule has 0 aromatic rings. The van der Waals surface area contributed by atoms with Gasteiger partial charge in [-0.3, -0.25) is 0 Å². The van der Waals surface area contributed by atoms with E-state index in [-0.39, 0.29) is 0 Å². The van der Waals surface area contributed by atoms with E-state index in [2.05, 4.69) is 0 Å². The van der Waals surface area contributed by atoms with Gasteiger partial charge in [0.15, 0.2) is 0 Å². The van der Waals surface area contributed by atoms with Crippen LogP contribution in [0.2, 0.25) is 12.1 Å². The van der Waals surface area contributed by atoms with Crippen LogP contribution in [0.3, 0.4) is 0 Å². The van der Waals surface area contributed by atoms with Gasteiger partial charge in [-0.1, -0.05) is 38.5 Å². The molecule has 0 spiro atoms. The maximum Gasteiger partial charge on any atom is 0.501 e. The highest BCUT2D eigenvalue weighted by molar-refractivity contribution is 7.99. The number of rotatable bonds is 29. The van der Waals surface area contributed by atoms with Crippen LogP contribution in [0.1, 0.15) is 92.9 Å². The number of unbranched alkanes of at least 4 members (excludes halogenated alkanes) is 7. The predicted octanol–water partition coefficient (Wildman–Crippen LogP) is 7.67. The fourth-order valence-electron chi connectivity index (χ4n) is 4.07. The topological polar surface area (TPSA) is 55.4 Å². The Morgan fingerprint density at radius 1 is 0.361 bits per heavy atom. The van der Waals surface area contributed by atoms with Crippen molar-refractivity contribution in [2.75, 3.05) is 62.7 Å². The SMILES string of the molecule is CCO[Si](CCSCCCCCCCCCCSCC[Si](OCC)(OCC)OCC)(OCC)OCC. The smallest absolute Gasteiger partial charge is 0.374 e. The molecule has 0 heterocycles. The highest BCUT2D eigenvalue weighted by atomic mass is 32.2. The molecule has 10 heteroatoms. The van der Waals surface area contributed by atoms with E-state index >= 15 is 0 Å². The van der Waals surface area contributed by atoms with Crippen LogP contribution in [-0.2, 0) is 26.6 Å². The molecule has 0 saturated carbocycles. The number of thioether (sulfide) groups is 2. The van der Waals surface area contributed by atoms with Gasteiger partial charge in [-0.25, -0.2) is 0 Å². The molecular weight excluding hydrogens is 529 g/mol. The maximum atomic E-state index is 5.94. The van der Waals surface area contributed by atoms with Crippen molar-refractivity contribution in [3.63, 3.8) is 0 Å². The molecule has 218 valence electrons. The van der Waals surface area contributed by atoms with Crippen LogP contribution < -0.4 is 0 Å². The fourth-order valence-corrected chi connectivity index (χ4v) is 12.5. The largest absolute Gasteiger partial charge is 0.501 e. The highest BCUT2D eigenvalue weighted by Crippen LogP contribution is 2.22. The lowest BCUT2D eigenvalue weighted by molar-refractivity contribution is 0.0720. The Morgan fingerprint density at radius 3 is 0.861 bits per heavy atom. The summed E-state index contributed by atoms with van der Waals surface area (Å²) in [6.07, 6.45) is 10.8. The normalized spacial score (nSPS) is 12.5. The van der Waals surface area contributed by atoms with E-state index in [9.17, 15) is 0 Å². The van der Waals surface area contributed by atoms with Crippen molar-refractivity contribution in [2.24, 2.45) is 0 Å². The second-order valence-electron chi connectivity index (χ2n) is 8.52. The zero-order valence-corrected chi connectivity index (χ0v) is 28.0. The molecule has 0 amide bonds. The van der Waals surface area contributed by atoms with Gasteiger partial charge in [0.05, 0.1) is 0 Å². The second-order valence-corrected chi connectivity index (χ2v) is 16.4. The van der Waals surface area contributed by atoms with Crippen LogP contribution >= 0.6 is 23.5 Å². The first-order chi connectivity index (χ1) is 17.6. The minimum atomic E-state index is -2.46. The zero-order valence-electron chi connectivity index (χ0n) is 24.4. The van der Waals surface area contributed by atoms with Crippen LogP contribution in [0, 0.1) is 0 Å². The summed E-state index contributed by atoms with van der Waals surface area (Å²) in [5.41, 5.74) is 0. The lowest BCUT2D eigenvalue weighted by Crippen LogP contribution is -2.46. The summed E-state index contributed by atoms with van der Waals surface area (Å²) in [7, 11) is -4.91. The van der Waals surface area contributed by atoms with Crippen molar-refractivity contribution < 1.29 is 26.6 Å². The van der Waals surface area contributed by atoms with Crippen molar-refractivity contribution in [1.29, 1.82) is 0 Å². The molecule has 0 aliphatic carbocycles. The summed E-state index contributed by atoms with van der Waals surface area (Å²) in [6.45, 7) is 16.1. The molecule has 0 aromatic heterocycles. The highest BCUT2D eigenvalue weighted by Gasteiger charge is 2.40.